The van der Waals surface area contributed by atoms with Crippen molar-refractivity contribution in [1.29, 1.82) is 0 Å². The Morgan fingerprint density at radius 3 is 2.20 bits per heavy atom. The quantitative estimate of drug-likeness (QED) is 0.305. The lowest BCUT2D eigenvalue weighted by atomic mass is 9.98. The van der Waals surface area contributed by atoms with Crippen LogP contribution in [-0.4, -0.2) is 4.98 Å². The maximum absolute atomic E-state index is 6.46. The molecule has 0 fully saturated rings. The lowest BCUT2D eigenvalue weighted by Gasteiger charge is -2.05. The number of hydrogen-bond acceptors (Lipinski definition) is 1. The van der Waals surface area contributed by atoms with Crippen molar-refractivity contribution in [3.05, 3.63) is 97.1 Å². The summed E-state index contributed by atoms with van der Waals surface area (Å²) in [5, 5.41) is 7.30. The van der Waals surface area contributed by atoms with Crippen LogP contribution in [0.4, 0.5) is 0 Å². The predicted molar refractivity (Wildman–Crippen MR) is 126 cm³/mol. The molecule has 0 aliphatic carbocycles. The van der Waals surface area contributed by atoms with Gasteiger partial charge in [0.1, 0.15) is 11.2 Å². The Balaban J connectivity index is 1.62. The van der Waals surface area contributed by atoms with Gasteiger partial charge in [-0.3, -0.25) is 0 Å². The predicted octanol–water partition coefficient (Wildman–Crippen LogP) is 8.04. The summed E-state index contributed by atoms with van der Waals surface area (Å²) >= 11 is 0. The van der Waals surface area contributed by atoms with Gasteiger partial charge in [-0.15, -0.1) is 0 Å². The minimum absolute atomic E-state index is 0.931. The number of hydrogen-bond donors (Lipinski definition) is 1. The monoisotopic (exact) mass is 383 g/mol. The van der Waals surface area contributed by atoms with Crippen LogP contribution in [0.15, 0.2) is 101 Å². The number of H-pyrrole nitrogens is 1. The summed E-state index contributed by atoms with van der Waals surface area (Å²) in [5.41, 5.74) is 6.46. The summed E-state index contributed by atoms with van der Waals surface area (Å²) in [6.45, 7) is 0. The van der Waals surface area contributed by atoms with Gasteiger partial charge >= 0.3 is 0 Å². The van der Waals surface area contributed by atoms with E-state index in [0.717, 1.165) is 38.7 Å². The lowest BCUT2D eigenvalue weighted by molar-refractivity contribution is 0.670. The van der Waals surface area contributed by atoms with Gasteiger partial charge in [-0.2, -0.15) is 0 Å². The highest BCUT2D eigenvalue weighted by Gasteiger charge is 2.16. The molecular weight excluding hydrogens is 366 g/mol. The van der Waals surface area contributed by atoms with Gasteiger partial charge in [-0.05, 0) is 22.9 Å². The van der Waals surface area contributed by atoms with E-state index in [-0.39, 0.29) is 0 Å². The molecule has 1 N–H and O–H groups in total. The number of aromatic amines is 1. The zero-order valence-corrected chi connectivity index (χ0v) is 16.1. The molecule has 0 aliphatic rings. The molecule has 0 saturated heterocycles. The van der Waals surface area contributed by atoms with Gasteiger partial charge in [0.15, 0.2) is 0 Å². The first-order valence-electron chi connectivity index (χ1n) is 10.2. The van der Waals surface area contributed by atoms with Gasteiger partial charge in [0.25, 0.3) is 0 Å². The fraction of sp³-hybridized carbons (Fsp3) is 0. The molecule has 7 aromatic rings. The summed E-state index contributed by atoms with van der Waals surface area (Å²) in [4.78, 5) is 3.63. The summed E-state index contributed by atoms with van der Waals surface area (Å²) in [6.07, 6.45) is 0. The fourth-order valence-electron chi connectivity index (χ4n) is 4.88. The SMILES string of the molecule is c1ccc2c(c1)ccc1oc3c(-c4cccc5c4[nH]c4ccccc45)cccc3c12. The number of para-hydroxylation sites is 3. The average Bonchev–Trinajstić information content (AvgIpc) is 3.37. The van der Waals surface area contributed by atoms with Crippen molar-refractivity contribution >= 4 is 54.5 Å². The second-order valence-electron chi connectivity index (χ2n) is 7.84. The van der Waals surface area contributed by atoms with Gasteiger partial charge in [0.05, 0.1) is 5.52 Å². The van der Waals surface area contributed by atoms with Gasteiger partial charge in [0.2, 0.25) is 0 Å². The van der Waals surface area contributed by atoms with Crippen LogP contribution < -0.4 is 0 Å². The molecule has 0 bridgehead atoms. The topological polar surface area (TPSA) is 28.9 Å². The number of rotatable bonds is 1. The van der Waals surface area contributed by atoms with E-state index in [1.807, 2.05) is 0 Å². The van der Waals surface area contributed by atoms with Crippen LogP contribution >= 0.6 is 0 Å². The Hall–Kier alpha value is -4.04. The van der Waals surface area contributed by atoms with Crippen LogP contribution in [-0.2, 0) is 0 Å². The van der Waals surface area contributed by atoms with Crippen molar-refractivity contribution in [3.63, 3.8) is 0 Å². The molecule has 7 rings (SSSR count). The lowest BCUT2D eigenvalue weighted by Crippen LogP contribution is -1.81. The summed E-state index contributed by atoms with van der Waals surface area (Å²) in [6, 6.07) is 34.2. The second-order valence-corrected chi connectivity index (χ2v) is 7.84. The Bertz CT molecular complexity index is 1750. The zero-order chi connectivity index (χ0) is 19.7. The first-order chi connectivity index (χ1) is 14.9. The first kappa shape index (κ1) is 15.8. The Labute approximate surface area is 172 Å². The second kappa shape index (κ2) is 5.74. The van der Waals surface area contributed by atoms with Crippen LogP contribution in [0, 0.1) is 0 Å². The van der Waals surface area contributed by atoms with Crippen LogP contribution in [0.2, 0.25) is 0 Å². The van der Waals surface area contributed by atoms with Gasteiger partial charge in [-0.25, -0.2) is 0 Å². The number of benzene rings is 5. The summed E-state index contributed by atoms with van der Waals surface area (Å²) in [5.74, 6) is 0. The Morgan fingerprint density at radius 1 is 0.533 bits per heavy atom. The molecule has 0 amide bonds. The number of nitrogens with one attached hydrogen (secondary N) is 1. The molecule has 0 saturated carbocycles. The smallest absolute Gasteiger partial charge is 0.143 e. The van der Waals surface area contributed by atoms with E-state index in [4.69, 9.17) is 4.42 Å². The maximum atomic E-state index is 6.46. The van der Waals surface area contributed by atoms with E-state index in [1.165, 1.54) is 26.9 Å². The fourth-order valence-corrected chi connectivity index (χ4v) is 4.88. The molecule has 0 radical (unpaired) electrons. The third kappa shape index (κ3) is 2.03. The first-order valence-corrected chi connectivity index (χ1v) is 10.2. The largest absolute Gasteiger partial charge is 0.455 e. The van der Waals surface area contributed by atoms with Crippen molar-refractivity contribution in [2.24, 2.45) is 0 Å². The molecule has 30 heavy (non-hydrogen) atoms. The van der Waals surface area contributed by atoms with Crippen molar-refractivity contribution in [2.75, 3.05) is 0 Å². The summed E-state index contributed by atoms with van der Waals surface area (Å²) < 4.78 is 6.46. The third-order valence-corrected chi connectivity index (χ3v) is 6.22. The van der Waals surface area contributed by atoms with Gasteiger partial charge < -0.3 is 9.40 Å². The van der Waals surface area contributed by atoms with E-state index in [9.17, 15) is 0 Å². The highest BCUT2D eigenvalue weighted by Crippen LogP contribution is 2.41. The summed E-state index contributed by atoms with van der Waals surface area (Å²) in [7, 11) is 0. The maximum Gasteiger partial charge on any atom is 0.143 e. The molecule has 2 nitrogen and oxygen atoms in total. The molecule has 5 aromatic carbocycles. The van der Waals surface area contributed by atoms with Crippen molar-refractivity contribution in [1.82, 2.24) is 4.98 Å². The molecule has 140 valence electrons. The van der Waals surface area contributed by atoms with Crippen molar-refractivity contribution in [3.8, 4) is 11.1 Å². The van der Waals surface area contributed by atoms with Crippen LogP contribution in [0.1, 0.15) is 0 Å². The standard InChI is InChI=1S/C28H17NO/c1-2-8-18-17(7-1)15-16-25-26(18)23-13-6-12-22(28(23)30-25)21-11-5-10-20-19-9-3-4-14-24(19)29-27(20)21/h1-16,29H. The van der Waals surface area contributed by atoms with Crippen molar-refractivity contribution < 1.29 is 4.42 Å². The van der Waals surface area contributed by atoms with E-state index in [1.54, 1.807) is 0 Å². The Kier molecular flexibility index (Phi) is 3.03. The zero-order valence-electron chi connectivity index (χ0n) is 16.1. The highest BCUT2D eigenvalue weighted by atomic mass is 16.3. The molecule has 0 unspecified atom stereocenters. The van der Waals surface area contributed by atoms with E-state index < -0.39 is 0 Å². The van der Waals surface area contributed by atoms with E-state index in [2.05, 4.69) is 102 Å². The van der Waals surface area contributed by atoms with Crippen LogP contribution in [0.5, 0.6) is 0 Å². The Morgan fingerprint density at radius 2 is 1.27 bits per heavy atom. The molecule has 2 heterocycles. The number of furan rings is 1. The van der Waals surface area contributed by atoms with Crippen LogP contribution in [0.25, 0.3) is 65.6 Å². The molecule has 0 spiro atoms. The van der Waals surface area contributed by atoms with E-state index in [0.29, 0.717) is 0 Å². The minimum atomic E-state index is 0.931. The third-order valence-electron chi connectivity index (χ3n) is 6.22. The molecule has 2 heteroatoms. The van der Waals surface area contributed by atoms with Crippen molar-refractivity contribution in [2.45, 2.75) is 0 Å². The molecule has 2 aromatic heterocycles. The van der Waals surface area contributed by atoms with Gasteiger partial charge in [0, 0.05) is 38.2 Å². The molecular formula is C28H17NO. The highest BCUT2D eigenvalue weighted by molar-refractivity contribution is 6.22. The van der Waals surface area contributed by atoms with Crippen LogP contribution in [0.3, 0.4) is 0 Å². The average molecular weight is 383 g/mol. The number of aromatic nitrogens is 1. The molecule has 0 atom stereocenters. The number of fused-ring (bicyclic) bond motifs is 8. The van der Waals surface area contributed by atoms with Gasteiger partial charge in [-0.1, -0.05) is 84.9 Å². The molecule has 0 aliphatic heterocycles. The normalized spacial score (nSPS) is 12.0. The minimum Gasteiger partial charge on any atom is -0.455 e. The van der Waals surface area contributed by atoms with E-state index >= 15 is 0 Å².